The number of methoxy groups -OCH3 is 1. The maximum atomic E-state index is 12.4. The molecule has 0 bridgehead atoms. The summed E-state index contributed by atoms with van der Waals surface area (Å²) in [6.07, 6.45) is 0. The van der Waals surface area contributed by atoms with Gasteiger partial charge in [0, 0.05) is 11.5 Å². The summed E-state index contributed by atoms with van der Waals surface area (Å²) in [5, 5.41) is 7.99. The maximum Gasteiger partial charge on any atom is 0.145 e. The summed E-state index contributed by atoms with van der Waals surface area (Å²) in [5.74, 6) is 2.41. The molecule has 0 radical (unpaired) electrons. The minimum Gasteiger partial charge on any atom is -0.495 e. The van der Waals surface area contributed by atoms with E-state index < -0.39 is 10.8 Å². The highest BCUT2D eigenvalue weighted by Crippen LogP contribution is 2.27. The largest absolute Gasteiger partial charge is 0.495 e. The van der Waals surface area contributed by atoms with E-state index in [1.165, 1.54) is 0 Å². The molecule has 102 valence electrons. The van der Waals surface area contributed by atoms with Crippen LogP contribution in [0, 0.1) is 6.92 Å². The minimum absolute atomic E-state index is 0.310. The molecule has 5 nitrogen and oxygen atoms in total. The second-order valence-corrected chi connectivity index (χ2v) is 6.34. The third-order valence-corrected chi connectivity index (χ3v) is 4.64. The zero-order valence-corrected chi connectivity index (χ0v) is 13.3. The minimum atomic E-state index is -1.23. The van der Waals surface area contributed by atoms with Crippen LogP contribution in [0.15, 0.2) is 27.6 Å². The quantitative estimate of drug-likeness (QED) is 0.853. The first-order valence-corrected chi connectivity index (χ1v) is 7.71. The van der Waals surface area contributed by atoms with E-state index in [1.807, 2.05) is 24.6 Å². The topological polar surface area (TPSA) is 57.0 Å². The number of benzene rings is 1. The lowest BCUT2D eigenvalue weighted by atomic mass is 10.3. The molecule has 7 heteroatoms. The van der Waals surface area contributed by atoms with Crippen molar-refractivity contribution < 1.29 is 8.95 Å². The summed E-state index contributed by atoms with van der Waals surface area (Å²) in [6, 6.07) is 5.45. The number of aromatic nitrogens is 3. The second-order valence-electron chi connectivity index (χ2n) is 4.01. The van der Waals surface area contributed by atoms with Crippen LogP contribution in [0.5, 0.6) is 5.75 Å². The van der Waals surface area contributed by atoms with Gasteiger partial charge in [0.2, 0.25) is 0 Å². The van der Waals surface area contributed by atoms with Crippen molar-refractivity contribution in [2.75, 3.05) is 7.11 Å². The van der Waals surface area contributed by atoms with Crippen LogP contribution in [0.4, 0.5) is 0 Å². The fourth-order valence-electron chi connectivity index (χ4n) is 1.60. The first kappa shape index (κ1) is 14.2. The SMILES string of the molecule is COc1ccc(Br)cc1S(=O)Cc1nnc(C)n1C. The Labute approximate surface area is 122 Å². The van der Waals surface area contributed by atoms with Gasteiger partial charge < -0.3 is 9.30 Å². The van der Waals surface area contributed by atoms with Crippen LogP contribution < -0.4 is 4.74 Å². The molecule has 1 atom stereocenters. The molecular weight excluding hydrogens is 330 g/mol. The number of hydrogen-bond acceptors (Lipinski definition) is 4. The Kier molecular flexibility index (Phi) is 4.36. The Morgan fingerprint density at radius 2 is 2.16 bits per heavy atom. The Morgan fingerprint density at radius 3 is 2.74 bits per heavy atom. The normalized spacial score (nSPS) is 12.4. The number of hydrogen-bond donors (Lipinski definition) is 0. The van der Waals surface area contributed by atoms with Crippen molar-refractivity contribution in [1.82, 2.24) is 14.8 Å². The Morgan fingerprint density at radius 1 is 1.42 bits per heavy atom. The van der Waals surface area contributed by atoms with Gasteiger partial charge in [-0.15, -0.1) is 10.2 Å². The van der Waals surface area contributed by atoms with Crippen molar-refractivity contribution in [2.24, 2.45) is 7.05 Å². The molecule has 0 aliphatic carbocycles. The predicted molar refractivity (Wildman–Crippen MR) is 76.5 cm³/mol. The van der Waals surface area contributed by atoms with Gasteiger partial charge in [0.25, 0.3) is 0 Å². The van der Waals surface area contributed by atoms with Crippen LogP contribution in [0.25, 0.3) is 0 Å². The first-order chi connectivity index (χ1) is 9.02. The Balaban J connectivity index is 2.30. The van der Waals surface area contributed by atoms with E-state index >= 15 is 0 Å². The van der Waals surface area contributed by atoms with Gasteiger partial charge in [0.1, 0.15) is 17.4 Å². The monoisotopic (exact) mass is 343 g/mol. The van der Waals surface area contributed by atoms with Crippen molar-refractivity contribution in [3.05, 3.63) is 34.3 Å². The molecule has 0 aliphatic rings. The lowest BCUT2D eigenvalue weighted by molar-refractivity contribution is 0.404. The lowest BCUT2D eigenvalue weighted by Gasteiger charge is -2.08. The molecular formula is C12H14BrN3O2S. The van der Waals surface area contributed by atoms with E-state index in [1.54, 1.807) is 19.2 Å². The predicted octanol–water partition coefficient (Wildman–Crippen LogP) is 2.20. The van der Waals surface area contributed by atoms with Gasteiger partial charge in [-0.1, -0.05) is 15.9 Å². The molecule has 2 rings (SSSR count). The molecule has 1 unspecified atom stereocenters. The van der Waals surface area contributed by atoms with Crippen molar-refractivity contribution in [3.8, 4) is 5.75 Å². The van der Waals surface area contributed by atoms with Gasteiger partial charge in [-0.25, -0.2) is 0 Å². The van der Waals surface area contributed by atoms with Gasteiger partial charge in [-0.05, 0) is 25.1 Å². The molecule has 1 aromatic heterocycles. The number of aryl methyl sites for hydroxylation is 1. The van der Waals surface area contributed by atoms with E-state index in [4.69, 9.17) is 4.74 Å². The van der Waals surface area contributed by atoms with Gasteiger partial charge in [0.05, 0.1) is 28.6 Å². The summed E-state index contributed by atoms with van der Waals surface area (Å²) in [7, 11) is 2.20. The first-order valence-electron chi connectivity index (χ1n) is 5.59. The van der Waals surface area contributed by atoms with Crippen LogP contribution in [0.2, 0.25) is 0 Å². The number of ether oxygens (including phenoxy) is 1. The van der Waals surface area contributed by atoms with Crippen molar-refractivity contribution in [2.45, 2.75) is 17.6 Å². The van der Waals surface area contributed by atoms with Crippen molar-refractivity contribution in [1.29, 1.82) is 0 Å². The molecule has 0 aliphatic heterocycles. The zero-order valence-electron chi connectivity index (χ0n) is 10.9. The van der Waals surface area contributed by atoms with E-state index in [0.29, 0.717) is 22.2 Å². The van der Waals surface area contributed by atoms with Gasteiger partial charge in [0.15, 0.2) is 0 Å². The van der Waals surface area contributed by atoms with Crippen molar-refractivity contribution >= 4 is 26.7 Å². The van der Waals surface area contributed by atoms with E-state index in [-0.39, 0.29) is 0 Å². The molecule has 0 amide bonds. The highest BCUT2D eigenvalue weighted by Gasteiger charge is 2.15. The van der Waals surface area contributed by atoms with E-state index in [0.717, 1.165) is 10.3 Å². The second kappa shape index (κ2) is 5.83. The third-order valence-electron chi connectivity index (χ3n) is 2.81. The highest BCUT2D eigenvalue weighted by molar-refractivity contribution is 9.10. The molecule has 2 aromatic rings. The molecule has 0 fully saturated rings. The summed E-state index contributed by atoms with van der Waals surface area (Å²) >= 11 is 3.37. The number of halogens is 1. The zero-order chi connectivity index (χ0) is 14.0. The Bertz CT molecular complexity index is 627. The molecule has 1 heterocycles. The number of rotatable bonds is 4. The molecule has 19 heavy (non-hydrogen) atoms. The number of nitrogens with zero attached hydrogens (tertiary/aromatic N) is 3. The molecule has 0 saturated carbocycles. The van der Waals surface area contributed by atoms with Crippen LogP contribution in [0.3, 0.4) is 0 Å². The summed E-state index contributed by atoms with van der Waals surface area (Å²) in [4.78, 5) is 0.650. The summed E-state index contributed by atoms with van der Waals surface area (Å²) in [6.45, 7) is 1.86. The summed E-state index contributed by atoms with van der Waals surface area (Å²) < 4.78 is 20.4. The molecule has 0 N–H and O–H groups in total. The van der Waals surface area contributed by atoms with E-state index in [9.17, 15) is 4.21 Å². The third kappa shape index (κ3) is 3.03. The Hall–Kier alpha value is -1.21. The summed E-state index contributed by atoms with van der Waals surface area (Å²) in [5.41, 5.74) is 0. The van der Waals surface area contributed by atoms with Crippen LogP contribution in [0.1, 0.15) is 11.6 Å². The average molecular weight is 344 g/mol. The molecule has 0 spiro atoms. The fraction of sp³-hybridized carbons (Fsp3) is 0.333. The average Bonchev–Trinajstić information content (AvgIpc) is 2.70. The van der Waals surface area contributed by atoms with Gasteiger partial charge in [-0.2, -0.15) is 0 Å². The fourth-order valence-corrected chi connectivity index (χ4v) is 3.39. The van der Waals surface area contributed by atoms with Crippen molar-refractivity contribution in [3.63, 3.8) is 0 Å². The van der Waals surface area contributed by atoms with Crippen LogP contribution >= 0.6 is 15.9 Å². The lowest BCUT2D eigenvalue weighted by Crippen LogP contribution is -2.05. The van der Waals surface area contributed by atoms with Gasteiger partial charge in [-0.3, -0.25) is 4.21 Å². The standard InChI is InChI=1S/C12H14BrN3O2S/c1-8-14-15-12(16(8)2)7-19(17)11-6-9(13)4-5-10(11)18-3/h4-6H,7H2,1-3H3. The van der Waals surface area contributed by atoms with E-state index in [2.05, 4.69) is 26.1 Å². The smallest absolute Gasteiger partial charge is 0.145 e. The van der Waals surface area contributed by atoms with Crippen LogP contribution in [-0.2, 0) is 23.6 Å². The van der Waals surface area contributed by atoms with Gasteiger partial charge >= 0.3 is 0 Å². The maximum absolute atomic E-state index is 12.4. The van der Waals surface area contributed by atoms with Crippen LogP contribution in [-0.4, -0.2) is 26.1 Å². The molecule has 1 aromatic carbocycles. The highest BCUT2D eigenvalue weighted by atomic mass is 79.9. The molecule has 0 saturated heterocycles.